The fraction of sp³-hybridized carbons (Fsp3) is 0.417. The molecule has 0 heterocycles. The highest BCUT2D eigenvalue weighted by atomic mass is 16.5. The summed E-state index contributed by atoms with van der Waals surface area (Å²) in [6, 6.07) is 5.81. The SMILES string of the molecule is CCCCc1cccc(N(O)C=N)c1C. The minimum absolute atomic E-state index is 0.693. The van der Waals surface area contributed by atoms with Crippen molar-refractivity contribution < 1.29 is 5.21 Å². The number of hydrogen-bond donors (Lipinski definition) is 2. The average Bonchev–Trinajstić information content (AvgIpc) is 2.27. The number of hydrogen-bond acceptors (Lipinski definition) is 2. The first-order valence-electron chi connectivity index (χ1n) is 5.28. The first kappa shape index (κ1) is 11.7. The van der Waals surface area contributed by atoms with E-state index in [-0.39, 0.29) is 0 Å². The molecule has 0 aliphatic heterocycles. The Morgan fingerprint density at radius 1 is 1.47 bits per heavy atom. The van der Waals surface area contributed by atoms with Gasteiger partial charge in [-0.2, -0.15) is 0 Å². The fourth-order valence-corrected chi connectivity index (χ4v) is 1.63. The number of anilines is 1. The van der Waals surface area contributed by atoms with E-state index in [1.807, 2.05) is 19.1 Å². The van der Waals surface area contributed by atoms with Gasteiger partial charge in [0, 0.05) is 0 Å². The van der Waals surface area contributed by atoms with Gasteiger partial charge in [0.1, 0.15) is 6.34 Å². The van der Waals surface area contributed by atoms with Crippen LogP contribution in [-0.2, 0) is 6.42 Å². The van der Waals surface area contributed by atoms with Gasteiger partial charge in [-0.1, -0.05) is 25.5 Å². The average molecular weight is 206 g/mol. The predicted octanol–water partition coefficient (Wildman–Crippen LogP) is 3.14. The van der Waals surface area contributed by atoms with Gasteiger partial charge in [0.25, 0.3) is 0 Å². The van der Waals surface area contributed by atoms with Gasteiger partial charge in [0.2, 0.25) is 0 Å². The second kappa shape index (κ2) is 5.51. The third-order valence-corrected chi connectivity index (χ3v) is 2.59. The lowest BCUT2D eigenvalue weighted by Gasteiger charge is -2.15. The maximum absolute atomic E-state index is 9.45. The first-order valence-corrected chi connectivity index (χ1v) is 5.28. The van der Waals surface area contributed by atoms with Crippen LogP contribution in [0.3, 0.4) is 0 Å². The van der Waals surface area contributed by atoms with Crippen molar-refractivity contribution in [2.75, 3.05) is 5.06 Å². The van der Waals surface area contributed by atoms with Crippen LogP contribution in [-0.4, -0.2) is 11.5 Å². The van der Waals surface area contributed by atoms with Crippen LogP contribution in [0.25, 0.3) is 0 Å². The molecule has 0 saturated carbocycles. The van der Waals surface area contributed by atoms with Crippen LogP contribution in [0.4, 0.5) is 5.69 Å². The molecule has 0 amide bonds. The lowest BCUT2D eigenvalue weighted by atomic mass is 10.0. The van der Waals surface area contributed by atoms with E-state index in [0.29, 0.717) is 5.69 Å². The Hall–Kier alpha value is -1.35. The van der Waals surface area contributed by atoms with E-state index in [4.69, 9.17) is 5.41 Å². The fourth-order valence-electron chi connectivity index (χ4n) is 1.63. The van der Waals surface area contributed by atoms with Gasteiger partial charge in [0.05, 0.1) is 5.69 Å². The molecule has 0 atom stereocenters. The summed E-state index contributed by atoms with van der Waals surface area (Å²) in [5, 5.41) is 17.3. The number of nitrogens with one attached hydrogen (secondary N) is 1. The smallest absolute Gasteiger partial charge is 0.113 e. The van der Waals surface area contributed by atoms with Crippen LogP contribution in [0.2, 0.25) is 0 Å². The lowest BCUT2D eigenvalue weighted by molar-refractivity contribution is 0.315. The molecule has 3 nitrogen and oxygen atoms in total. The molecule has 1 aromatic carbocycles. The van der Waals surface area contributed by atoms with E-state index >= 15 is 0 Å². The molecule has 0 aliphatic rings. The molecule has 0 aromatic heterocycles. The molecular formula is C12H18N2O. The van der Waals surface area contributed by atoms with Gasteiger partial charge in [0.15, 0.2) is 0 Å². The number of hydroxylamine groups is 1. The molecule has 0 aliphatic carbocycles. The minimum atomic E-state index is 0.693. The third-order valence-electron chi connectivity index (χ3n) is 2.59. The molecule has 0 radical (unpaired) electrons. The van der Waals surface area contributed by atoms with Gasteiger partial charge < -0.3 is 0 Å². The Bertz CT molecular complexity index is 336. The first-order chi connectivity index (χ1) is 7.20. The number of benzene rings is 1. The summed E-state index contributed by atoms with van der Waals surface area (Å²) in [7, 11) is 0. The van der Waals surface area contributed by atoms with Gasteiger partial charge in [-0.15, -0.1) is 0 Å². The maximum Gasteiger partial charge on any atom is 0.113 e. The molecule has 1 rings (SSSR count). The van der Waals surface area contributed by atoms with E-state index in [1.54, 1.807) is 0 Å². The summed E-state index contributed by atoms with van der Waals surface area (Å²) in [6.07, 6.45) is 4.26. The Balaban J connectivity index is 2.94. The van der Waals surface area contributed by atoms with Crippen LogP contribution in [0.1, 0.15) is 30.9 Å². The van der Waals surface area contributed by atoms with Crippen molar-refractivity contribution in [1.82, 2.24) is 0 Å². The standard InChI is InChI=1S/C12H18N2O/c1-3-4-6-11-7-5-8-12(10(11)2)14(15)9-13/h5,7-9,13,15H,3-4,6H2,1-2H3. The zero-order chi connectivity index (χ0) is 11.3. The van der Waals surface area contributed by atoms with Crippen molar-refractivity contribution in [2.45, 2.75) is 33.1 Å². The van der Waals surface area contributed by atoms with Crippen LogP contribution >= 0.6 is 0 Å². The summed E-state index contributed by atoms with van der Waals surface area (Å²) in [5.41, 5.74) is 2.99. The number of aryl methyl sites for hydroxylation is 1. The molecule has 0 bridgehead atoms. The van der Waals surface area contributed by atoms with Crippen molar-refractivity contribution in [3.63, 3.8) is 0 Å². The molecular weight excluding hydrogens is 188 g/mol. The molecule has 0 unspecified atom stereocenters. The van der Waals surface area contributed by atoms with Crippen molar-refractivity contribution >= 4 is 12.0 Å². The lowest BCUT2D eigenvalue weighted by Crippen LogP contribution is -2.16. The zero-order valence-electron chi connectivity index (χ0n) is 9.33. The van der Waals surface area contributed by atoms with E-state index < -0.39 is 0 Å². The molecule has 0 spiro atoms. The number of unbranched alkanes of at least 4 members (excludes halogenated alkanes) is 1. The van der Waals surface area contributed by atoms with Crippen LogP contribution in [0.15, 0.2) is 18.2 Å². The van der Waals surface area contributed by atoms with Gasteiger partial charge in [-0.05, 0) is 37.0 Å². The van der Waals surface area contributed by atoms with E-state index in [1.165, 1.54) is 5.56 Å². The Morgan fingerprint density at radius 3 is 2.80 bits per heavy atom. The number of rotatable bonds is 5. The summed E-state index contributed by atoms with van der Waals surface area (Å²) in [5.74, 6) is 0. The molecule has 0 fully saturated rings. The van der Waals surface area contributed by atoms with Gasteiger partial charge in [-0.25, -0.2) is 5.06 Å². The molecule has 1 aromatic rings. The molecule has 82 valence electrons. The normalized spacial score (nSPS) is 10.1. The van der Waals surface area contributed by atoms with Crippen molar-refractivity contribution in [3.8, 4) is 0 Å². The largest absolute Gasteiger partial charge is 0.289 e. The Morgan fingerprint density at radius 2 is 2.20 bits per heavy atom. The second-order valence-corrected chi connectivity index (χ2v) is 3.64. The highest BCUT2D eigenvalue weighted by molar-refractivity contribution is 5.75. The topological polar surface area (TPSA) is 47.3 Å². The summed E-state index contributed by atoms with van der Waals surface area (Å²) >= 11 is 0. The van der Waals surface area contributed by atoms with E-state index in [9.17, 15) is 5.21 Å². The number of nitrogens with zero attached hydrogens (tertiary/aromatic N) is 1. The Kier molecular flexibility index (Phi) is 4.31. The van der Waals surface area contributed by atoms with Crippen molar-refractivity contribution in [2.24, 2.45) is 0 Å². The monoisotopic (exact) mass is 206 g/mol. The zero-order valence-corrected chi connectivity index (χ0v) is 9.33. The van der Waals surface area contributed by atoms with Crippen LogP contribution in [0, 0.1) is 12.3 Å². The van der Waals surface area contributed by atoms with Crippen molar-refractivity contribution in [3.05, 3.63) is 29.3 Å². The Labute approximate surface area is 90.8 Å². The maximum atomic E-state index is 9.45. The molecule has 3 heteroatoms. The summed E-state index contributed by atoms with van der Waals surface area (Å²) < 4.78 is 0. The predicted molar refractivity (Wildman–Crippen MR) is 62.8 cm³/mol. The van der Waals surface area contributed by atoms with Gasteiger partial charge in [-0.3, -0.25) is 10.6 Å². The minimum Gasteiger partial charge on any atom is -0.289 e. The van der Waals surface area contributed by atoms with E-state index in [0.717, 1.165) is 36.2 Å². The van der Waals surface area contributed by atoms with Crippen LogP contribution in [0.5, 0.6) is 0 Å². The highest BCUT2D eigenvalue weighted by Crippen LogP contribution is 2.22. The quantitative estimate of drug-likeness (QED) is 0.441. The molecule has 2 N–H and O–H groups in total. The van der Waals surface area contributed by atoms with E-state index in [2.05, 4.69) is 13.0 Å². The van der Waals surface area contributed by atoms with Crippen LogP contribution < -0.4 is 5.06 Å². The summed E-state index contributed by atoms with van der Waals surface area (Å²) in [4.78, 5) is 0. The molecule has 15 heavy (non-hydrogen) atoms. The second-order valence-electron chi connectivity index (χ2n) is 3.64. The highest BCUT2D eigenvalue weighted by Gasteiger charge is 2.07. The third kappa shape index (κ3) is 2.80. The van der Waals surface area contributed by atoms with Crippen molar-refractivity contribution in [1.29, 1.82) is 5.41 Å². The summed E-state index contributed by atoms with van der Waals surface area (Å²) in [6.45, 7) is 4.14. The van der Waals surface area contributed by atoms with Gasteiger partial charge >= 0.3 is 0 Å². The molecule has 0 saturated heterocycles.